The average molecular weight is 300 g/mol. The number of aliphatic imine (C=N–C) groups is 1. The maximum absolute atomic E-state index is 5.11. The van der Waals surface area contributed by atoms with Crippen LogP contribution in [0.5, 0.6) is 0 Å². The average Bonchev–Trinajstić information content (AvgIpc) is 2.83. The minimum absolute atomic E-state index is 0.771. The first-order chi connectivity index (χ1) is 10.8. The van der Waals surface area contributed by atoms with Crippen LogP contribution < -0.4 is 5.32 Å². The number of hydrogen-bond acceptors (Lipinski definition) is 2. The first-order valence-electron chi connectivity index (χ1n) is 9.19. The van der Waals surface area contributed by atoms with Crippen LogP contribution in [0.1, 0.15) is 64.9 Å². The molecule has 2 nitrogen and oxygen atoms in total. The number of benzene rings is 1. The van der Waals surface area contributed by atoms with E-state index in [1.165, 1.54) is 54.8 Å². The lowest BCUT2D eigenvalue weighted by Crippen LogP contribution is -2.09. The predicted molar refractivity (Wildman–Crippen MR) is 98.5 cm³/mol. The molecule has 2 heteroatoms. The molecule has 0 saturated heterocycles. The summed E-state index contributed by atoms with van der Waals surface area (Å²) in [5, 5.41) is 3.53. The second kappa shape index (κ2) is 8.36. The summed E-state index contributed by atoms with van der Waals surface area (Å²) in [5.41, 5.74) is 5.16. The molecule has 0 heterocycles. The van der Waals surface area contributed by atoms with Gasteiger partial charge in [-0.15, -0.1) is 0 Å². The number of nitrogens with zero attached hydrogens (tertiary/aromatic N) is 1. The summed E-state index contributed by atoms with van der Waals surface area (Å²) in [5.74, 6) is 1.69. The summed E-state index contributed by atoms with van der Waals surface area (Å²) in [4.78, 5) is 5.11. The van der Waals surface area contributed by atoms with Gasteiger partial charge in [-0.2, -0.15) is 0 Å². The molecular weight excluding hydrogens is 268 g/mol. The number of nitrogens with one attached hydrogen (secondary N) is 1. The molecular formula is C20H32N2. The van der Waals surface area contributed by atoms with Crippen molar-refractivity contribution in [1.82, 2.24) is 0 Å². The lowest BCUT2D eigenvalue weighted by Gasteiger charge is -2.17. The van der Waals surface area contributed by atoms with Crippen LogP contribution in [0, 0.1) is 18.8 Å². The van der Waals surface area contributed by atoms with Crippen molar-refractivity contribution in [1.29, 1.82) is 0 Å². The van der Waals surface area contributed by atoms with E-state index < -0.39 is 0 Å². The lowest BCUT2D eigenvalue weighted by atomic mass is 9.89. The van der Waals surface area contributed by atoms with Crippen molar-refractivity contribution < 1.29 is 0 Å². The monoisotopic (exact) mass is 300 g/mol. The molecule has 1 aromatic carbocycles. The zero-order chi connectivity index (χ0) is 15.9. The van der Waals surface area contributed by atoms with Crippen LogP contribution in [0.4, 0.5) is 11.4 Å². The van der Waals surface area contributed by atoms with E-state index in [0.717, 1.165) is 24.8 Å². The zero-order valence-electron chi connectivity index (χ0n) is 14.8. The number of anilines is 1. The van der Waals surface area contributed by atoms with E-state index in [1.807, 2.05) is 13.8 Å². The summed E-state index contributed by atoms with van der Waals surface area (Å²) >= 11 is 0. The normalized spacial score (nSPS) is 24.8. The Labute approximate surface area is 136 Å². The Bertz CT molecular complexity index is 504. The Morgan fingerprint density at radius 3 is 2.77 bits per heavy atom. The number of aryl methyl sites for hydroxylation is 1. The van der Waals surface area contributed by atoms with Crippen molar-refractivity contribution in [3.05, 3.63) is 23.8 Å². The SMILES string of the molecule is CC.CCCNc1cccc(C)c1N=C1CC2CCCC1C2. The van der Waals surface area contributed by atoms with E-state index >= 15 is 0 Å². The summed E-state index contributed by atoms with van der Waals surface area (Å²) < 4.78 is 0. The fraction of sp³-hybridized carbons (Fsp3) is 0.650. The van der Waals surface area contributed by atoms with Crippen molar-refractivity contribution in [2.75, 3.05) is 11.9 Å². The van der Waals surface area contributed by atoms with E-state index in [0.29, 0.717) is 0 Å². The van der Waals surface area contributed by atoms with Gasteiger partial charge in [-0.05, 0) is 56.1 Å². The van der Waals surface area contributed by atoms with Gasteiger partial charge in [0, 0.05) is 12.3 Å². The third-order valence-electron chi connectivity index (χ3n) is 4.81. The Kier molecular flexibility index (Phi) is 6.48. The van der Waals surface area contributed by atoms with Gasteiger partial charge in [0.05, 0.1) is 11.4 Å². The van der Waals surface area contributed by atoms with Crippen LogP contribution in [-0.2, 0) is 0 Å². The van der Waals surface area contributed by atoms with E-state index in [9.17, 15) is 0 Å². The second-order valence-corrected chi connectivity index (χ2v) is 6.43. The molecule has 0 aromatic heterocycles. The summed E-state index contributed by atoms with van der Waals surface area (Å²) in [6, 6.07) is 6.48. The number of hydrogen-bond donors (Lipinski definition) is 1. The van der Waals surface area contributed by atoms with Crippen LogP contribution in [0.25, 0.3) is 0 Å². The fourth-order valence-corrected chi connectivity index (χ4v) is 3.73. The molecule has 0 radical (unpaired) electrons. The highest BCUT2D eigenvalue weighted by Crippen LogP contribution is 2.42. The van der Waals surface area contributed by atoms with Gasteiger partial charge in [0.1, 0.15) is 0 Å². The van der Waals surface area contributed by atoms with Crippen LogP contribution >= 0.6 is 0 Å². The van der Waals surface area contributed by atoms with Crippen molar-refractivity contribution in [2.45, 2.75) is 66.2 Å². The molecule has 2 aliphatic rings. The Morgan fingerprint density at radius 2 is 2.05 bits per heavy atom. The summed E-state index contributed by atoms with van der Waals surface area (Å²) in [6.07, 6.45) is 7.97. The smallest absolute Gasteiger partial charge is 0.0889 e. The van der Waals surface area contributed by atoms with Gasteiger partial charge in [0.2, 0.25) is 0 Å². The van der Waals surface area contributed by atoms with Crippen molar-refractivity contribution in [3.8, 4) is 0 Å². The topological polar surface area (TPSA) is 24.4 Å². The lowest BCUT2D eigenvalue weighted by molar-refractivity contribution is 0.372. The van der Waals surface area contributed by atoms with E-state index in [-0.39, 0.29) is 0 Å². The van der Waals surface area contributed by atoms with Gasteiger partial charge >= 0.3 is 0 Å². The van der Waals surface area contributed by atoms with E-state index in [4.69, 9.17) is 4.99 Å². The molecule has 0 spiro atoms. The second-order valence-electron chi connectivity index (χ2n) is 6.43. The molecule has 2 saturated carbocycles. The van der Waals surface area contributed by atoms with Gasteiger partial charge in [0.25, 0.3) is 0 Å². The van der Waals surface area contributed by atoms with Gasteiger partial charge in [-0.25, -0.2) is 0 Å². The van der Waals surface area contributed by atoms with E-state index in [2.05, 4.69) is 37.4 Å². The van der Waals surface area contributed by atoms with Crippen LogP contribution in [0.15, 0.2) is 23.2 Å². The molecule has 22 heavy (non-hydrogen) atoms. The van der Waals surface area contributed by atoms with Gasteiger partial charge in [-0.3, -0.25) is 4.99 Å². The first kappa shape index (κ1) is 17.1. The minimum atomic E-state index is 0.771. The largest absolute Gasteiger partial charge is 0.383 e. The summed E-state index contributed by atoms with van der Waals surface area (Å²) in [6.45, 7) is 9.40. The Morgan fingerprint density at radius 1 is 1.23 bits per heavy atom. The Balaban J connectivity index is 0.000000847. The number of para-hydroxylation sites is 1. The van der Waals surface area contributed by atoms with Crippen molar-refractivity contribution >= 4 is 17.1 Å². The molecule has 2 bridgehead atoms. The molecule has 0 amide bonds. The number of fused-ring (bicyclic) bond motifs is 2. The molecule has 1 aromatic rings. The molecule has 2 fully saturated rings. The predicted octanol–water partition coefficient (Wildman–Crippen LogP) is 6.13. The maximum Gasteiger partial charge on any atom is 0.0889 e. The van der Waals surface area contributed by atoms with Crippen molar-refractivity contribution in [2.24, 2.45) is 16.8 Å². The van der Waals surface area contributed by atoms with Crippen LogP contribution in [0.3, 0.4) is 0 Å². The highest BCUT2D eigenvalue weighted by atomic mass is 14.9. The maximum atomic E-state index is 5.11. The third kappa shape index (κ3) is 3.91. The van der Waals surface area contributed by atoms with Crippen molar-refractivity contribution in [3.63, 3.8) is 0 Å². The van der Waals surface area contributed by atoms with E-state index in [1.54, 1.807) is 0 Å². The highest BCUT2D eigenvalue weighted by Gasteiger charge is 2.33. The molecule has 2 aliphatic carbocycles. The van der Waals surface area contributed by atoms with Crippen LogP contribution in [-0.4, -0.2) is 12.3 Å². The molecule has 2 atom stereocenters. The first-order valence-corrected chi connectivity index (χ1v) is 9.19. The zero-order valence-corrected chi connectivity index (χ0v) is 14.8. The Hall–Kier alpha value is -1.31. The standard InChI is InChI=1S/C18H26N2.C2H6/c1-3-10-19-16-9-4-6-13(2)18(16)20-17-12-14-7-5-8-15(17)11-14;1-2/h4,6,9,14-15,19H,3,5,7-8,10-12H2,1-2H3;1-2H3. The molecule has 0 aliphatic heterocycles. The molecule has 3 rings (SSSR count). The molecule has 1 N–H and O–H groups in total. The van der Waals surface area contributed by atoms with Gasteiger partial charge in [-0.1, -0.05) is 45.7 Å². The van der Waals surface area contributed by atoms with Gasteiger partial charge in [0.15, 0.2) is 0 Å². The quantitative estimate of drug-likeness (QED) is 0.711. The van der Waals surface area contributed by atoms with Gasteiger partial charge < -0.3 is 5.32 Å². The fourth-order valence-electron chi connectivity index (χ4n) is 3.73. The minimum Gasteiger partial charge on any atom is -0.383 e. The molecule has 2 unspecified atom stereocenters. The number of rotatable bonds is 4. The summed E-state index contributed by atoms with van der Waals surface area (Å²) in [7, 11) is 0. The molecule has 122 valence electrons. The van der Waals surface area contributed by atoms with Crippen LogP contribution in [0.2, 0.25) is 0 Å². The third-order valence-corrected chi connectivity index (χ3v) is 4.81. The highest BCUT2D eigenvalue weighted by molar-refractivity contribution is 5.93.